The van der Waals surface area contributed by atoms with Crippen LogP contribution in [-0.4, -0.2) is 28.4 Å². The Morgan fingerprint density at radius 3 is 2.54 bits per heavy atom. The largest absolute Gasteiger partial charge is 0.507 e. The van der Waals surface area contributed by atoms with Crippen LogP contribution in [0.15, 0.2) is 78.5 Å². The number of aromatic amines is 1. The summed E-state index contributed by atoms with van der Waals surface area (Å²) in [6.45, 7) is 2.43. The van der Waals surface area contributed by atoms with Gasteiger partial charge in [-0.2, -0.15) is 0 Å². The number of anilines is 1. The Balaban J connectivity index is 1.54. The molecule has 1 aliphatic carbocycles. The van der Waals surface area contributed by atoms with Crippen LogP contribution < -0.4 is 9.64 Å². The monoisotopic (exact) mass is 492 g/mol. The summed E-state index contributed by atoms with van der Waals surface area (Å²) in [6, 6.07) is 20.0. The van der Waals surface area contributed by atoms with Crippen LogP contribution in [0.1, 0.15) is 48.1 Å². The number of aromatic nitrogens is 1. The first-order valence-electron chi connectivity index (χ1n) is 12.8. The Kier molecular flexibility index (Phi) is 5.80. The number of ether oxygens (including phenoxy) is 1. The minimum absolute atomic E-state index is 0.0967. The van der Waals surface area contributed by atoms with Gasteiger partial charge in [0.15, 0.2) is 0 Å². The molecule has 2 aliphatic rings. The van der Waals surface area contributed by atoms with Gasteiger partial charge in [0.1, 0.15) is 11.5 Å². The van der Waals surface area contributed by atoms with E-state index in [0.717, 1.165) is 42.1 Å². The Hall–Kier alpha value is -4.32. The van der Waals surface area contributed by atoms with E-state index in [0.29, 0.717) is 23.6 Å². The van der Waals surface area contributed by atoms with Gasteiger partial charge in [-0.25, -0.2) is 0 Å². The molecule has 6 heteroatoms. The van der Waals surface area contributed by atoms with Gasteiger partial charge in [-0.1, -0.05) is 30.3 Å². The van der Waals surface area contributed by atoms with Crippen LogP contribution in [0.3, 0.4) is 0 Å². The third kappa shape index (κ3) is 3.89. The third-order valence-corrected chi connectivity index (χ3v) is 7.41. The Morgan fingerprint density at radius 1 is 1.00 bits per heavy atom. The summed E-state index contributed by atoms with van der Waals surface area (Å²) in [4.78, 5) is 31.8. The second kappa shape index (κ2) is 9.28. The number of aliphatic hydroxyl groups excluding tert-OH is 1. The number of rotatable bonds is 5. The maximum Gasteiger partial charge on any atom is 0.300 e. The fourth-order valence-electron chi connectivity index (χ4n) is 5.62. The van der Waals surface area contributed by atoms with Crippen molar-refractivity contribution in [2.45, 2.75) is 38.6 Å². The molecule has 1 unspecified atom stereocenters. The molecule has 0 saturated carbocycles. The Morgan fingerprint density at radius 2 is 1.76 bits per heavy atom. The standard InChI is InChI=1S/C31H28N2O4/c1-2-37-23-15-13-22(14-16-23)33-28(25-18-32-26-10-6-5-9-24(25)26)27(30(35)31(33)36)29(34)21-12-11-19-7-3-4-8-20(19)17-21/h5-6,9-18,28,32,34H,2-4,7-8H2,1H3/b29-27+. The normalized spacial score (nSPS) is 18.8. The lowest BCUT2D eigenvalue weighted by atomic mass is 9.88. The first kappa shape index (κ1) is 23.1. The molecule has 186 valence electrons. The number of H-pyrrole nitrogens is 1. The molecule has 1 aliphatic heterocycles. The minimum Gasteiger partial charge on any atom is -0.507 e. The Bertz CT molecular complexity index is 1550. The molecule has 1 aromatic heterocycles. The number of para-hydroxylation sites is 1. The summed E-state index contributed by atoms with van der Waals surface area (Å²) >= 11 is 0. The number of Topliss-reactive ketones (excluding diaryl/α,β-unsaturated/α-hetero) is 1. The lowest BCUT2D eigenvalue weighted by Crippen LogP contribution is -2.29. The van der Waals surface area contributed by atoms with E-state index in [1.165, 1.54) is 16.0 Å². The fourth-order valence-corrected chi connectivity index (χ4v) is 5.62. The van der Waals surface area contributed by atoms with Gasteiger partial charge in [-0.3, -0.25) is 14.5 Å². The number of hydrogen-bond acceptors (Lipinski definition) is 4. The van der Waals surface area contributed by atoms with E-state index in [2.05, 4.69) is 4.98 Å². The number of ketones is 1. The molecule has 1 atom stereocenters. The van der Waals surface area contributed by atoms with Crippen molar-refractivity contribution >= 4 is 34.0 Å². The molecule has 1 saturated heterocycles. The molecule has 1 fully saturated rings. The number of aliphatic hydroxyl groups is 1. The predicted molar refractivity (Wildman–Crippen MR) is 144 cm³/mol. The van der Waals surface area contributed by atoms with Crippen molar-refractivity contribution in [1.82, 2.24) is 4.98 Å². The van der Waals surface area contributed by atoms with Gasteiger partial charge in [0.2, 0.25) is 0 Å². The smallest absolute Gasteiger partial charge is 0.300 e. The molecule has 3 aromatic carbocycles. The summed E-state index contributed by atoms with van der Waals surface area (Å²) < 4.78 is 5.57. The predicted octanol–water partition coefficient (Wildman–Crippen LogP) is 6.07. The van der Waals surface area contributed by atoms with Gasteiger partial charge in [0, 0.05) is 33.9 Å². The van der Waals surface area contributed by atoms with Crippen LogP contribution in [0.4, 0.5) is 5.69 Å². The molecule has 1 amide bonds. The maximum absolute atomic E-state index is 13.6. The first-order valence-corrected chi connectivity index (χ1v) is 12.8. The maximum atomic E-state index is 13.6. The number of benzene rings is 3. The summed E-state index contributed by atoms with van der Waals surface area (Å²) in [5.41, 5.74) is 5.34. The highest BCUT2D eigenvalue weighted by Crippen LogP contribution is 2.44. The van der Waals surface area contributed by atoms with Crippen molar-refractivity contribution in [1.29, 1.82) is 0 Å². The number of fused-ring (bicyclic) bond motifs is 2. The molecule has 4 aromatic rings. The summed E-state index contributed by atoms with van der Waals surface area (Å²) in [5, 5.41) is 12.5. The topological polar surface area (TPSA) is 82.6 Å². The SMILES string of the molecule is CCOc1ccc(N2C(=O)C(=O)/C(=C(/O)c3ccc4c(c3)CCCC4)C2c2c[nH]c3ccccc23)cc1. The molecule has 6 rings (SSSR count). The molecule has 2 N–H and O–H groups in total. The fraction of sp³-hybridized carbons (Fsp3) is 0.226. The van der Waals surface area contributed by atoms with E-state index in [1.54, 1.807) is 24.3 Å². The zero-order valence-electron chi connectivity index (χ0n) is 20.7. The second-order valence-electron chi connectivity index (χ2n) is 9.58. The highest BCUT2D eigenvalue weighted by Gasteiger charge is 2.47. The van der Waals surface area contributed by atoms with Crippen LogP contribution in [0.5, 0.6) is 5.75 Å². The highest BCUT2D eigenvalue weighted by molar-refractivity contribution is 6.51. The lowest BCUT2D eigenvalue weighted by molar-refractivity contribution is -0.132. The number of amides is 1. The average molecular weight is 493 g/mol. The Labute approximate surface area is 215 Å². The molecular weight excluding hydrogens is 464 g/mol. The van der Waals surface area contributed by atoms with Gasteiger partial charge in [0.25, 0.3) is 11.7 Å². The number of nitrogens with zero attached hydrogens (tertiary/aromatic N) is 1. The van der Waals surface area contributed by atoms with Crippen molar-refractivity contribution in [3.05, 3.63) is 101 Å². The number of aryl methyl sites for hydroxylation is 2. The summed E-state index contributed by atoms with van der Waals surface area (Å²) in [5.74, 6) is -0.825. The summed E-state index contributed by atoms with van der Waals surface area (Å²) in [7, 11) is 0. The van der Waals surface area contributed by atoms with Crippen LogP contribution >= 0.6 is 0 Å². The van der Waals surface area contributed by atoms with Gasteiger partial charge in [0.05, 0.1) is 18.2 Å². The van der Waals surface area contributed by atoms with E-state index in [-0.39, 0.29) is 11.3 Å². The van der Waals surface area contributed by atoms with Crippen LogP contribution in [0.25, 0.3) is 16.7 Å². The van der Waals surface area contributed by atoms with Gasteiger partial charge < -0.3 is 14.8 Å². The van der Waals surface area contributed by atoms with Gasteiger partial charge in [-0.05, 0) is 80.1 Å². The van der Waals surface area contributed by atoms with E-state index in [4.69, 9.17) is 4.74 Å². The number of carbonyl (C=O) groups excluding carboxylic acids is 2. The zero-order chi connectivity index (χ0) is 25.5. The molecule has 0 radical (unpaired) electrons. The molecule has 0 spiro atoms. The summed E-state index contributed by atoms with van der Waals surface area (Å²) in [6.07, 6.45) is 6.06. The van der Waals surface area contributed by atoms with Crippen molar-refractivity contribution in [3.63, 3.8) is 0 Å². The van der Waals surface area contributed by atoms with E-state index >= 15 is 0 Å². The molecular formula is C31H28N2O4. The van der Waals surface area contributed by atoms with Crippen molar-refractivity contribution in [2.24, 2.45) is 0 Å². The van der Waals surface area contributed by atoms with Crippen molar-refractivity contribution in [2.75, 3.05) is 11.5 Å². The first-order chi connectivity index (χ1) is 18.1. The number of nitrogens with one attached hydrogen (secondary N) is 1. The van der Waals surface area contributed by atoms with Crippen molar-refractivity contribution in [3.8, 4) is 5.75 Å². The third-order valence-electron chi connectivity index (χ3n) is 7.41. The lowest BCUT2D eigenvalue weighted by Gasteiger charge is -2.25. The van der Waals surface area contributed by atoms with E-state index < -0.39 is 17.7 Å². The molecule has 0 bridgehead atoms. The minimum atomic E-state index is -0.787. The number of hydrogen-bond donors (Lipinski definition) is 2. The zero-order valence-corrected chi connectivity index (χ0v) is 20.7. The van der Waals surface area contributed by atoms with Gasteiger partial charge >= 0.3 is 0 Å². The molecule has 37 heavy (non-hydrogen) atoms. The van der Waals surface area contributed by atoms with Crippen LogP contribution in [-0.2, 0) is 22.4 Å². The average Bonchev–Trinajstić information content (AvgIpc) is 3.47. The van der Waals surface area contributed by atoms with Crippen LogP contribution in [0, 0.1) is 0 Å². The molecule has 2 heterocycles. The van der Waals surface area contributed by atoms with Crippen LogP contribution in [0.2, 0.25) is 0 Å². The number of carbonyl (C=O) groups is 2. The van der Waals surface area contributed by atoms with E-state index in [1.807, 2.05) is 55.6 Å². The van der Waals surface area contributed by atoms with Crippen molar-refractivity contribution < 1.29 is 19.4 Å². The molecule has 6 nitrogen and oxygen atoms in total. The second-order valence-corrected chi connectivity index (χ2v) is 9.58. The highest BCUT2D eigenvalue weighted by atomic mass is 16.5. The quantitative estimate of drug-likeness (QED) is 0.201. The van der Waals surface area contributed by atoms with E-state index in [9.17, 15) is 14.7 Å². The van der Waals surface area contributed by atoms with Gasteiger partial charge in [-0.15, -0.1) is 0 Å².